The quantitative estimate of drug-likeness (QED) is 0.654. The van der Waals surface area contributed by atoms with Crippen molar-refractivity contribution in [1.82, 2.24) is 5.32 Å². The number of methoxy groups -OCH3 is 2. The Hall–Kier alpha value is -1.56. The summed E-state index contributed by atoms with van der Waals surface area (Å²) in [6, 6.07) is 10.5. The predicted octanol–water partition coefficient (Wildman–Crippen LogP) is 4.67. The Morgan fingerprint density at radius 3 is 2.40 bits per heavy atom. The molecule has 0 fully saturated rings. The number of ether oxygens (including phenoxy) is 2. The standard InChI is InChI=1S/C18H19Cl2NO3S/c1-23-16-7-6-12(10-17(16)24-2)18(22)21-8-9-25-11-13-14(19)4-3-5-15(13)20/h3-7,10H,8-9,11H2,1-2H3,(H,21,22). The molecule has 0 unspecified atom stereocenters. The van der Waals surface area contributed by atoms with Crippen LogP contribution in [0.3, 0.4) is 0 Å². The van der Waals surface area contributed by atoms with Gasteiger partial charge in [0.05, 0.1) is 14.2 Å². The average molecular weight is 400 g/mol. The molecule has 2 rings (SSSR count). The number of rotatable bonds is 8. The van der Waals surface area contributed by atoms with Gasteiger partial charge in [0.25, 0.3) is 5.91 Å². The van der Waals surface area contributed by atoms with Gasteiger partial charge in [0.2, 0.25) is 0 Å². The van der Waals surface area contributed by atoms with Gasteiger partial charge in [0.15, 0.2) is 11.5 Å². The predicted molar refractivity (Wildman–Crippen MR) is 105 cm³/mol. The molecular formula is C18H19Cl2NO3S. The molecule has 0 aromatic heterocycles. The average Bonchev–Trinajstić information content (AvgIpc) is 2.62. The van der Waals surface area contributed by atoms with E-state index in [1.807, 2.05) is 18.2 Å². The van der Waals surface area contributed by atoms with Gasteiger partial charge in [-0.1, -0.05) is 29.3 Å². The van der Waals surface area contributed by atoms with E-state index in [1.54, 1.807) is 37.1 Å². The molecule has 1 amide bonds. The molecule has 0 bridgehead atoms. The molecule has 0 spiro atoms. The molecular weight excluding hydrogens is 381 g/mol. The summed E-state index contributed by atoms with van der Waals surface area (Å²) in [4.78, 5) is 12.2. The van der Waals surface area contributed by atoms with Crippen LogP contribution in [0, 0.1) is 0 Å². The maximum absolute atomic E-state index is 12.2. The van der Waals surface area contributed by atoms with Crippen molar-refractivity contribution in [3.63, 3.8) is 0 Å². The highest BCUT2D eigenvalue weighted by Gasteiger charge is 2.10. The lowest BCUT2D eigenvalue weighted by Gasteiger charge is -2.10. The van der Waals surface area contributed by atoms with Crippen molar-refractivity contribution >= 4 is 40.9 Å². The summed E-state index contributed by atoms with van der Waals surface area (Å²) < 4.78 is 10.4. The van der Waals surface area contributed by atoms with Crippen LogP contribution in [0.2, 0.25) is 10.0 Å². The molecule has 0 saturated carbocycles. The van der Waals surface area contributed by atoms with Gasteiger partial charge in [0, 0.05) is 33.7 Å². The minimum atomic E-state index is -0.155. The van der Waals surface area contributed by atoms with Crippen LogP contribution in [0.4, 0.5) is 0 Å². The fourth-order valence-corrected chi connectivity index (χ4v) is 3.76. The number of nitrogens with one attached hydrogen (secondary N) is 1. The Morgan fingerprint density at radius 1 is 1.08 bits per heavy atom. The van der Waals surface area contributed by atoms with E-state index in [9.17, 15) is 4.79 Å². The van der Waals surface area contributed by atoms with Crippen LogP contribution < -0.4 is 14.8 Å². The van der Waals surface area contributed by atoms with Crippen LogP contribution in [0.5, 0.6) is 11.5 Å². The smallest absolute Gasteiger partial charge is 0.251 e. The second-order valence-electron chi connectivity index (χ2n) is 5.08. The summed E-state index contributed by atoms with van der Waals surface area (Å²) in [5.41, 5.74) is 1.44. The minimum absolute atomic E-state index is 0.155. The SMILES string of the molecule is COc1ccc(C(=O)NCCSCc2c(Cl)cccc2Cl)cc1OC. The van der Waals surface area contributed by atoms with Crippen molar-refractivity contribution in [1.29, 1.82) is 0 Å². The van der Waals surface area contributed by atoms with Crippen molar-refractivity contribution in [3.05, 3.63) is 57.6 Å². The molecule has 25 heavy (non-hydrogen) atoms. The summed E-state index contributed by atoms with van der Waals surface area (Å²) in [7, 11) is 3.09. The van der Waals surface area contributed by atoms with Crippen LogP contribution in [0.15, 0.2) is 36.4 Å². The third-order valence-electron chi connectivity index (χ3n) is 3.49. The van der Waals surface area contributed by atoms with Crippen molar-refractivity contribution in [3.8, 4) is 11.5 Å². The zero-order valence-corrected chi connectivity index (χ0v) is 16.3. The van der Waals surface area contributed by atoms with Gasteiger partial charge in [-0.25, -0.2) is 0 Å². The van der Waals surface area contributed by atoms with E-state index in [4.69, 9.17) is 32.7 Å². The second kappa shape index (κ2) is 9.80. The molecule has 1 N–H and O–H groups in total. The number of hydrogen-bond acceptors (Lipinski definition) is 4. The highest BCUT2D eigenvalue weighted by molar-refractivity contribution is 7.98. The molecule has 4 nitrogen and oxygen atoms in total. The second-order valence-corrected chi connectivity index (χ2v) is 7.00. The number of thioether (sulfide) groups is 1. The molecule has 2 aromatic carbocycles. The number of carbonyl (C=O) groups excluding carboxylic acids is 1. The summed E-state index contributed by atoms with van der Waals surface area (Å²) in [5, 5.41) is 4.20. The van der Waals surface area contributed by atoms with E-state index in [-0.39, 0.29) is 5.91 Å². The third kappa shape index (κ3) is 5.46. The monoisotopic (exact) mass is 399 g/mol. The summed E-state index contributed by atoms with van der Waals surface area (Å²) in [6.45, 7) is 0.542. The Bertz CT molecular complexity index is 720. The maximum Gasteiger partial charge on any atom is 0.251 e. The first-order valence-corrected chi connectivity index (χ1v) is 9.48. The van der Waals surface area contributed by atoms with E-state index in [1.165, 1.54) is 7.11 Å². The van der Waals surface area contributed by atoms with Gasteiger partial charge in [0.1, 0.15) is 0 Å². The van der Waals surface area contributed by atoms with Crippen molar-refractivity contribution in [2.24, 2.45) is 0 Å². The molecule has 0 aliphatic rings. The van der Waals surface area contributed by atoms with Gasteiger partial charge < -0.3 is 14.8 Å². The number of benzene rings is 2. The molecule has 0 aliphatic heterocycles. The van der Waals surface area contributed by atoms with E-state index in [0.717, 1.165) is 11.3 Å². The van der Waals surface area contributed by atoms with Crippen LogP contribution in [-0.2, 0) is 5.75 Å². The molecule has 0 aliphatic carbocycles. The Balaban J connectivity index is 1.81. The summed E-state index contributed by atoms with van der Waals surface area (Å²) in [5.74, 6) is 2.41. The molecule has 0 atom stereocenters. The van der Waals surface area contributed by atoms with E-state index >= 15 is 0 Å². The molecule has 0 radical (unpaired) electrons. The topological polar surface area (TPSA) is 47.6 Å². The number of halogens is 2. The zero-order valence-electron chi connectivity index (χ0n) is 14.0. The molecule has 0 saturated heterocycles. The summed E-state index contributed by atoms with van der Waals surface area (Å²) >= 11 is 13.9. The molecule has 0 heterocycles. The van der Waals surface area contributed by atoms with Crippen LogP contribution in [-0.4, -0.2) is 32.4 Å². The van der Waals surface area contributed by atoms with Gasteiger partial charge >= 0.3 is 0 Å². The van der Waals surface area contributed by atoms with E-state index in [2.05, 4.69) is 5.32 Å². The van der Waals surface area contributed by atoms with Crippen molar-refractivity contribution < 1.29 is 14.3 Å². The van der Waals surface area contributed by atoms with Crippen LogP contribution in [0.25, 0.3) is 0 Å². The number of hydrogen-bond donors (Lipinski definition) is 1. The number of amides is 1. The highest BCUT2D eigenvalue weighted by atomic mass is 35.5. The lowest BCUT2D eigenvalue weighted by Crippen LogP contribution is -2.25. The van der Waals surface area contributed by atoms with Crippen LogP contribution in [0.1, 0.15) is 15.9 Å². The fraction of sp³-hybridized carbons (Fsp3) is 0.278. The van der Waals surface area contributed by atoms with Gasteiger partial charge in [-0.2, -0.15) is 11.8 Å². The first-order valence-electron chi connectivity index (χ1n) is 7.57. The Kier molecular flexibility index (Phi) is 7.75. The molecule has 7 heteroatoms. The van der Waals surface area contributed by atoms with Crippen molar-refractivity contribution in [2.45, 2.75) is 5.75 Å². The lowest BCUT2D eigenvalue weighted by molar-refractivity contribution is 0.0956. The maximum atomic E-state index is 12.2. The third-order valence-corrected chi connectivity index (χ3v) is 5.18. The first kappa shape index (κ1) is 19.8. The van der Waals surface area contributed by atoms with Crippen LogP contribution >= 0.6 is 35.0 Å². The van der Waals surface area contributed by atoms with Crippen molar-refractivity contribution in [2.75, 3.05) is 26.5 Å². The first-order chi connectivity index (χ1) is 12.1. The van der Waals surface area contributed by atoms with Gasteiger partial charge in [-0.05, 0) is 35.9 Å². The molecule has 134 valence electrons. The molecule has 2 aromatic rings. The fourth-order valence-electron chi connectivity index (χ4n) is 2.16. The minimum Gasteiger partial charge on any atom is -0.493 e. The van der Waals surface area contributed by atoms with Gasteiger partial charge in [-0.15, -0.1) is 0 Å². The van der Waals surface area contributed by atoms with E-state index < -0.39 is 0 Å². The van der Waals surface area contributed by atoms with E-state index in [0.29, 0.717) is 39.4 Å². The zero-order chi connectivity index (χ0) is 18.2. The Morgan fingerprint density at radius 2 is 1.76 bits per heavy atom. The largest absolute Gasteiger partial charge is 0.493 e. The Labute approximate surface area is 161 Å². The lowest BCUT2D eigenvalue weighted by atomic mass is 10.2. The normalized spacial score (nSPS) is 10.4. The number of carbonyl (C=O) groups is 1. The highest BCUT2D eigenvalue weighted by Crippen LogP contribution is 2.28. The van der Waals surface area contributed by atoms with Gasteiger partial charge in [-0.3, -0.25) is 4.79 Å². The summed E-state index contributed by atoms with van der Waals surface area (Å²) in [6.07, 6.45) is 0.